The van der Waals surface area contributed by atoms with Crippen LogP contribution in [-0.4, -0.2) is 58.0 Å². The van der Waals surface area contributed by atoms with Crippen molar-refractivity contribution in [3.8, 4) is 0 Å². The van der Waals surface area contributed by atoms with Crippen molar-refractivity contribution in [2.75, 3.05) is 47.1 Å². The van der Waals surface area contributed by atoms with Gasteiger partial charge in [0.2, 0.25) is 0 Å². The molecule has 1 aliphatic rings. The summed E-state index contributed by atoms with van der Waals surface area (Å²) in [5.41, 5.74) is 5.74. The highest BCUT2D eigenvalue weighted by atomic mass is 16.5. The van der Waals surface area contributed by atoms with Gasteiger partial charge in [0.25, 0.3) is 0 Å². The summed E-state index contributed by atoms with van der Waals surface area (Å²) in [6, 6.07) is 0.460. The molecule has 4 heteroatoms. The van der Waals surface area contributed by atoms with Crippen molar-refractivity contribution in [1.82, 2.24) is 4.90 Å². The Morgan fingerprint density at radius 2 is 2.00 bits per heavy atom. The molecule has 2 N–H and O–H groups in total. The van der Waals surface area contributed by atoms with Crippen LogP contribution in [0.15, 0.2) is 0 Å². The molecule has 1 aliphatic carbocycles. The number of nitrogens with zero attached hydrogens (tertiary/aromatic N) is 1. The largest absolute Gasteiger partial charge is 0.382 e. The van der Waals surface area contributed by atoms with Crippen LogP contribution in [-0.2, 0) is 9.47 Å². The summed E-state index contributed by atoms with van der Waals surface area (Å²) in [6.07, 6.45) is 2.38. The third-order valence-electron chi connectivity index (χ3n) is 2.89. The molecule has 4 nitrogen and oxygen atoms in total. The molecule has 0 saturated heterocycles. The van der Waals surface area contributed by atoms with Gasteiger partial charge in [0, 0.05) is 26.2 Å². The molecule has 0 spiro atoms. The predicted molar refractivity (Wildman–Crippen MR) is 60.9 cm³/mol. The molecule has 0 aromatic heterocycles. The standard InChI is InChI=1S/C11H24N2O2/c1-13(3-4-15-6-5-14-2)9-10-7-11(12)8-10/h10-11H,3-9,12H2,1-2H3. The summed E-state index contributed by atoms with van der Waals surface area (Å²) in [5.74, 6) is 0.809. The Hall–Kier alpha value is -0.160. The topological polar surface area (TPSA) is 47.7 Å². The van der Waals surface area contributed by atoms with Crippen molar-refractivity contribution >= 4 is 0 Å². The summed E-state index contributed by atoms with van der Waals surface area (Å²) in [4.78, 5) is 2.32. The Labute approximate surface area is 92.7 Å². The van der Waals surface area contributed by atoms with Crippen molar-refractivity contribution in [3.63, 3.8) is 0 Å². The second-order valence-corrected chi connectivity index (χ2v) is 4.46. The van der Waals surface area contributed by atoms with Gasteiger partial charge in [0.1, 0.15) is 0 Å². The minimum atomic E-state index is 0.460. The smallest absolute Gasteiger partial charge is 0.0700 e. The highest BCUT2D eigenvalue weighted by molar-refractivity contribution is 4.83. The minimum absolute atomic E-state index is 0.460. The molecule has 90 valence electrons. The van der Waals surface area contributed by atoms with E-state index in [2.05, 4.69) is 11.9 Å². The van der Waals surface area contributed by atoms with Gasteiger partial charge < -0.3 is 20.1 Å². The van der Waals surface area contributed by atoms with Gasteiger partial charge in [-0.25, -0.2) is 0 Å². The van der Waals surface area contributed by atoms with E-state index in [9.17, 15) is 0 Å². The zero-order valence-corrected chi connectivity index (χ0v) is 9.95. The SMILES string of the molecule is COCCOCCN(C)CC1CC(N)C1. The van der Waals surface area contributed by atoms with E-state index in [0.29, 0.717) is 19.3 Å². The minimum Gasteiger partial charge on any atom is -0.382 e. The van der Waals surface area contributed by atoms with Gasteiger partial charge in [-0.1, -0.05) is 0 Å². The first-order valence-corrected chi connectivity index (χ1v) is 5.73. The molecule has 1 saturated carbocycles. The van der Waals surface area contributed by atoms with E-state index in [-0.39, 0.29) is 0 Å². The van der Waals surface area contributed by atoms with Crippen LogP contribution in [0.1, 0.15) is 12.8 Å². The number of nitrogens with two attached hydrogens (primary N) is 1. The van der Waals surface area contributed by atoms with Gasteiger partial charge in [-0.3, -0.25) is 0 Å². The zero-order chi connectivity index (χ0) is 11.1. The summed E-state index contributed by atoms with van der Waals surface area (Å²) in [7, 11) is 3.83. The average Bonchev–Trinajstić information content (AvgIpc) is 2.15. The Bertz CT molecular complexity index is 161. The summed E-state index contributed by atoms with van der Waals surface area (Å²) >= 11 is 0. The van der Waals surface area contributed by atoms with Crippen molar-refractivity contribution in [1.29, 1.82) is 0 Å². The van der Waals surface area contributed by atoms with Crippen LogP contribution >= 0.6 is 0 Å². The van der Waals surface area contributed by atoms with Crippen molar-refractivity contribution in [2.24, 2.45) is 11.7 Å². The van der Waals surface area contributed by atoms with Crippen LogP contribution < -0.4 is 5.73 Å². The number of hydrogen-bond acceptors (Lipinski definition) is 4. The molecule has 15 heavy (non-hydrogen) atoms. The lowest BCUT2D eigenvalue weighted by Crippen LogP contribution is -2.42. The van der Waals surface area contributed by atoms with Crippen molar-refractivity contribution < 1.29 is 9.47 Å². The van der Waals surface area contributed by atoms with E-state index in [1.807, 2.05) is 0 Å². The molecular formula is C11H24N2O2. The number of methoxy groups -OCH3 is 1. The maximum Gasteiger partial charge on any atom is 0.0700 e. The maximum absolute atomic E-state index is 5.74. The Kier molecular flexibility index (Phi) is 6.17. The lowest BCUT2D eigenvalue weighted by atomic mass is 9.81. The molecule has 0 atom stereocenters. The maximum atomic E-state index is 5.74. The zero-order valence-electron chi connectivity index (χ0n) is 9.95. The fourth-order valence-corrected chi connectivity index (χ4v) is 1.93. The molecule has 1 fully saturated rings. The lowest BCUT2D eigenvalue weighted by Gasteiger charge is -2.35. The van der Waals surface area contributed by atoms with E-state index in [0.717, 1.165) is 25.6 Å². The van der Waals surface area contributed by atoms with Crippen molar-refractivity contribution in [3.05, 3.63) is 0 Å². The van der Waals surface area contributed by atoms with Gasteiger partial charge in [0.15, 0.2) is 0 Å². The first kappa shape index (κ1) is 12.9. The first-order valence-electron chi connectivity index (χ1n) is 5.73. The molecule has 0 aliphatic heterocycles. The van der Waals surface area contributed by atoms with Gasteiger partial charge >= 0.3 is 0 Å². The van der Waals surface area contributed by atoms with Gasteiger partial charge in [0.05, 0.1) is 19.8 Å². The molecule has 0 aromatic rings. The molecule has 0 amide bonds. The third-order valence-corrected chi connectivity index (χ3v) is 2.89. The quantitative estimate of drug-likeness (QED) is 0.594. The molecule has 0 heterocycles. The third kappa shape index (κ3) is 5.47. The van der Waals surface area contributed by atoms with Gasteiger partial charge in [-0.2, -0.15) is 0 Å². The second-order valence-electron chi connectivity index (χ2n) is 4.46. The van der Waals surface area contributed by atoms with Crippen molar-refractivity contribution in [2.45, 2.75) is 18.9 Å². The Balaban J connectivity index is 1.87. The normalized spacial score (nSPS) is 25.6. The molecule has 0 bridgehead atoms. The van der Waals surface area contributed by atoms with Crippen LogP contribution in [0.4, 0.5) is 0 Å². The van der Waals surface area contributed by atoms with E-state index < -0.39 is 0 Å². The number of likely N-dealkylation sites (N-methyl/N-ethyl adjacent to an activating group) is 1. The fraction of sp³-hybridized carbons (Fsp3) is 1.00. The monoisotopic (exact) mass is 216 g/mol. The first-order chi connectivity index (χ1) is 7.22. The van der Waals surface area contributed by atoms with Crippen LogP contribution in [0.25, 0.3) is 0 Å². The molecule has 0 radical (unpaired) electrons. The van der Waals surface area contributed by atoms with Gasteiger partial charge in [-0.05, 0) is 25.8 Å². The number of ether oxygens (including phenoxy) is 2. The van der Waals surface area contributed by atoms with Crippen LogP contribution in [0, 0.1) is 5.92 Å². The Morgan fingerprint density at radius 3 is 2.60 bits per heavy atom. The summed E-state index contributed by atoms with van der Waals surface area (Å²) < 4.78 is 10.3. The van der Waals surface area contributed by atoms with Crippen LogP contribution in [0.2, 0.25) is 0 Å². The fourth-order valence-electron chi connectivity index (χ4n) is 1.93. The number of hydrogen-bond donors (Lipinski definition) is 1. The molecular weight excluding hydrogens is 192 g/mol. The average molecular weight is 216 g/mol. The Morgan fingerprint density at radius 1 is 1.27 bits per heavy atom. The highest BCUT2D eigenvalue weighted by Gasteiger charge is 2.26. The molecule has 1 rings (SSSR count). The van der Waals surface area contributed by atoms with E-state index in [1.165, 1.54) is 12.8 Å². The molecule has 0 aromatic carbocycles. The van der Waals surface area contributed by atoms with Gasteiger partial charge in [-0.15, -0.1) is 0 Å². The highest BCUT2D eigenvalue weighted by Crippen LogP contribution is 2.25. The summed E-state index contributed by atoms with van der Waals surface area (Å²) in [5, 5.41) is 0. The van der Waals surface area contributed by atoms with Crippen LogP contribution in [0.5, 0.6) is 0 Å². The second kappa shape index (κ2) is 7.17. The van der Waals surface area contributed by atoms with E-state index >= 15 is 0 Å². The summed E-state index contributed by atoms with van der Waals surface area (Å²) in [6.45, 7) is 4.31. The lowest BCUT2D eigenvalue weighted by molar-refractivity contribution is 0.0557. The van der Waals surface area contributed by atoms with E-state index in [1.54, 1.807) is 7.11 Å². The predicted octanol–water partition coefficient (Wildman–Crippen LogP) is 0.319. The van der Waals surface area contributed by atoms with E-state index in [4.69, 9.17) is 15.2 Å². The molecule has 0 unspecified atom stereocenters. The number of rotatable bonds is 8. The van der Waals surface area contributed by atoms with Crippen LogP contribution in [0.3, 0.4) is 0 Å².